The second-order valence-electron chi connectivity index (χ2n) is 3.88. The van der Waals surface area contributed by atoms with Crippen molar-refractivity contribution in [2.45, 2.75) is 12.5 Å². The van der Waals surface area contributed by atoms with Gasteiger partial charge in [0.05, 0.1) is 18.4 Å². The Hall–Kier alpha value is -1.37. The van der Waals surface area contributed by atoms with E-state index in [1.54, 1.807) is 20.1 Å². The summed E-state index contributed by atoms with van der Waals surface area (Å²) < 4.78 is 15.0. The molecule has 0 aliphatic heterocycles. The molecule has 0 aliphatic carbocycles. The number of methoxy groups -OCH3 is 1. The minimum atomic E-state index is -0.813. The van der Waals surface area contributed by atoms with Crippen molar-refractivity contribution >= 4 is 11.6 Å². The largest absolute Gasteiger partial charge is 0.452 e. The maximum absolute atomic E-state index is 5.99. The monoisotopic (exact) mass is 257 g/mol. The Morgan fingerprint density at radius 3 is 2.94 bits per heavy atom. The van der Waals surface area contributed by atoms with Gasteiger partial charge in [-0.25, -0.2) is 0 Å². The van der Waals surface area contributed by atoms with Crippen LogP contribution in [0, 0.1) is 0 Å². The lowest BCUT2D eigenvalue weighted by Crippen LogP contribution is -2.38. The number of nitrogens with two attached hydrogens (primary N) is 1. The highest BCUT2D eigenvalue weighted by atomic mass is 35.5. The van der Waals surface area contributed by atoms with E-state index in [1.165, 1.54) is 6.26 Å². The minimum Gasteiger partial charge on any atom is -0.452 e. The van der Waals surface area contributed by atoms with Gasteiger partial charge in [-0.3, -0.25) is 0 Å². The van der Waals surface area contributed by atoms with Crippen LogP contribution in [0.15, 0.2) is 21.3 Å². The maximum Gasteiger partial charge on any atom is 0.262 e. The SMILES string of the molecule is COCC(C)(N)c1noc(-c2ccoc2Cl)n1. The maximum atomic E-state index is 5.99. The van der Waals surface area contributed by atoms with Crippen molar-refractivity contribution in [2.75, 3.05) is 13.7 Å². The number of aromatic nitrogens is 2. The van der Waals surface area contributed by atoms with Gasteiger partial charge >= 0.3 is 0 Å². The van der Waals surface area contributed by atoms with Gasteiger partial charge in [-0.2, -0.15) is 4.98 Å². The lowest BCUT2D eigenvalue weighted by atomic mass is 10.1. The normalized spacial score (nSPS) is 14.8. The first-order valence-electron chi connectivity index (χ1n) is 4.90. The van der Waals surface area contributed by atoms with Crippen LogP contribution in [0.1, 0.15) is 12.7 Å². The van der Waals surface area contributed by atoms with Crippen molar-refractivity contribution in [1.29, 1.82) is 0 Å². The Morgan fingerprint density at radius 2 is 2.35 bits per heavy atom. The molecule has 0 bridgehead atoms. The fraction of sp³-hybridized carbons (Fsp3) is 0.400. The lowest BCUT2D eigenvalue weighted by Gasteiger charge is -2.18. The van der Waals surface area contributed by atoms with Gasteiger partial charge in [-0.15, -0.1) is 0 Å². The van der Waals surface area contributed by atoms with Gasteiger partial charge in [0.15, 0.2) is 5.82 Å². The Bertz CT molecular complexity index is 506. The van der Waals surface area contributed by atoms with Gasteiger partial charge in [0.2, 0.25) is 5.22 Å². The zero-order valence-electron chi connectivity index (χ0n) is 9.44. The standard InChI is InChI=1S/C10H12ClN3O3/c1-10(12,5-15-2)9-13-8(17-14-9)6-3-4-16-7(6)11/h3-4H,5,12H2,1-2H3. The van der Waals surface area contributed by atoms with Crippen LogP contribution in [-0.2, 0) is 10.3 Å². The van der Waals surface area contributed by atoms with Crippen LogP contribution in [-0.4, -0.2) is 23.9 Å². The van der Waals surface area contributed by atoms with Gasteiger partial charge in [0.25, 0.3) is 5.89 Å². The molecule has 0 saturated heterocycles. The van der Waals surface area contributed by atoms with Crippen LogP contribution in [0.2, 0.25) is 5.22 Å². The van der Waals surface area contributed by atoms with Gasteiger partial charge in [-0.1, -0.05) is 5.16 Å². The third-order valence-corrected chi connectivity index (χ3v) is 2.52. The molecular weight excluding hydrogens is 246 g/mol. The average molecular weight is 258 g/mol. The number of furan rings is 1. The lowest BCUT2D eigenvalue weighted by molar-refractivity contribution is 0.135. The molecule has 2 heterocycles. The van der Waals surface area contributed by atoms with E-state index in [4.69, 9.17) is 31.0 Å². The van der Waals surface area contributed by atoms with E-state index in [0.717, 1.165) is 0 Å². The summed E-state index contributed by atoms with van der Waals surface area (Å²) in [7, 11) is 1.55. The highest BCUT2D eigenvalue weighted by Crippen LogP contribution is 2.28. The van der Waals surface area contributed by atoms with E-state index in [-0.39, 0.29) is 17.7 Å². The molecule has 0 spiro atoms. The summed E-state index contributed by atoms with van der Waals surface area (Å²) in [6.45, 7) is 2.03. The number of nitrogens with zero attached hydrogens (tertiary/aromatic N) is 2. The van der Waals surface area contributed by atoms with Crippen LogP contribution >= 0.6 is 11.6 Å². The summed E-state index contributed by atoms with van der Waals surface area (Å²) in [6, 6.07) is 1.64. The summed E-state index contributed by atoms with van der Waals surface area (Å²) in [5, 5.41) is 4.01. The molecule has 1 atom stereocenters. The topological polar surface area (TPSA) is 87.3 Å². The molecule has 6 nitrogen and oxygen atoms in total. The fourth-order valence-corrected chi connectivity index (χ4v) is 1.57. The van der Waals surface area contributed by atoms with Crippen molar-refractivity contribution in [3.63, 3.8) is 0 Å². The van der Waals surface area contributed by atoms with E-state index in [0.29, 0.717) is 11.4 Å². The molecule has 92 valence electrons. The van der Waals surface area contributed by atoms with Crippen molar-refractivity contribution in [3.8, 4) is 11.5 Å². The first kappa shape index (κ1) is 12.1. The third kappa shape index (κ3) is 2.33. The second kappa shape index (κ2) is 4.48. The summed E-state index contributed by atoms with van der Waals surface area (Å²) in [5.74, 6) is 0.623. The van der Waals surface area contributed by atoms with Gasteiger partial charge in [-0.05, 0) is 24.6 Å². The van der Waals surface area contributed by atoms with E-state index in [2.05, 4.69) is 10.1 Å². The quantitative estimate of drug-likeness (QED) is 0.899. The summed E-state index contributed by atoms with van der Waals surface area (Å²) in [4.78, 5) is 4.18. The second-order valence-corrected chi connectivity index (χ2v) is 4.22. The Labute approximate surface area is 103 Å². The van der Waals surface area contributed by atoms with Crippen molar-refractivity contribution in [1.82, 2.24) is 10.1 Å². The third-order valence-electron chi connectivity index (χ3n) is 2.23. The zero-order valence-corrected chi connectivity index (χ0v) is 10.2. The molecule has 0 fully saturated rings. The number of ether oxygens (including phenoxy) is 1. The van der Waals surface area contributed by atoms with Crippen LogP contribution in [0.25, 0.3) is 11.5 Å². The summed E-state index contributed by atoms with van der Waals surface area (Å²) in [5.41, 5.74) is 5.71. The van der Waals surface area contributed by atoms with E-state index in [1.807, 2.05) is 0 Å². The summed E-state index contributed by atoms with van der Waals surface area (Å²) >= 11 is 5.81. The molecule has 17 heavy (non-hydrogen) atoms. The van der Waals surface area contributed by atoms with Crippen molar-refractivity contribution in [2.24, 2.45) is 5.73 Å². The smallest absolute Gasteiger partial charge is 0.262 e. The van der Waals surface area contributed by atoms with Gasteiger partial charge < -0.3 is 19.4 Å². The molecule has 2 rings (SSSR count). The summed E-state index contributed by atoms with van der Waals surface area (Å²) in [6.07, 6.45) is 1.44. The molecule has 0 radical (unpaired) electrons. The number of rotatable bonds is 4. The van der Waals surface area contributed by atoms with E-state index in [9.17, 15) is 0 Å². The molecule has 7 heteroatoms. The van der Waals surface area contributed by atoms with Gasteiger partial charge in [0.1, 0.15) is 5.54 Å². The molecule has 0 amide bonds. The zero-order chi connectivity index (χ0) is 12.5. The molecule has 1 unspecified atom stereocenters. The molecule has 0 saturated carbocycles. The van der Waals surface area contributed by atoms with Crippen molar-refractivity contribution in [3.05, 3.63) is 23.4 Å². The number of halogens is 1. The average Bonchev–Trinajstić information content (AvgIpc) is 2.85. The minimum absolute atomic E-state index is 0.200. The highest BCUT2D eigenvalue weighted by Gasteiger charge is 2.28. The number of hydrogen-bond donors (Lipinski definition) is 1. The van der Waals surface area contributed by atoms with Crippen LogP contribution < -0.4 is 5.73 Å². The molecule has 0 aliphatic rings. The molecule has 2 aromatic heterocycles. The fourth-order valence-electron chi connectivity index (χ4n) is 1.38. The first-order valence-corrected chi connectivity index (χ1v) is 5.28. The van der Waals surface area contributed by atoms with E-state index >= 15 is 0 Å². The molecule has 2 aromatic rings. The Kier molecular flexibility index (Phi) is 3.19. The molecular formula is C10H12ClN3O3. The van der Waals surface area contributed by atoms with E-state index < -0.39 is 5.54 Å². The van der Waals surface area contributed by atoms with Crippen LogP contribution in [0.5, 0.6) is 0 Å². The molecule has 0 aromatic carbocycles. The Balaban J connectivity index is 2.31. The molecule has 2 N–H and O–H groups in total. The predicted octanol–water partition coefficient (Wildman–Crippen LogP) is 1.80. The van der Waals surface area contributed by atoms with Crippen molar-refractivity contribution < 1.29 is 13.7 Å². The first-order chi connectivity index (χ1) is 8.04. The Morgan fingerprint density at radius 1 is 1.59 bits per heavy atom. The van der Waals surface area contributed by atoms with Crippen LogP contribution in [0.4, 0.5) is 0 Å². The van der Waals surface area contributed by atoms with Gasteiger partial charge in [0, 0.05) is 7.11 Å². The van der Waals surface area contributed by atoms with Crippen LogP contribution in [0.3, 0.4) is 0 Å². The highest BCUT2D eigenvalue weighted by molar-refractivity contribution is 6.31. The number of hydrogen-bond acceptors (Lipinski definition) is 6. The predicted molar refractivity (Wildman–Crippen MR) is 60.4 cm³/mol.